The minimum Gasteiger partial charge on any atom is -0.493 e. The second kappa shape index (κ2) is 8.49. The zero-order valence-corrected chi connectivity index (χ0v) is 15.2. The van der Waals surface area contributed by atoms with Crippen molar-refractivity contribution in [3.05, 3.63) is 47.7 Å². The molecule has 5 nitrogen and oxygen atoms in total. The molecule has 0 amide bonds. The van der Waals surface area contributed by atoms with Gasteiger partial charge in [-0.15, -0.1) is 0 Å². The minimum absolute atomic E-state index is 0.0429. The van der Waals surface area contributed by atoms with Gasteiger partial charge in [0.1, 0.15) is 12.4 Å². The van der Waals surface area contributed by atoms with E-state index in [0.717, 1.165) is 5.75 Å². The predicted octanol–water partition coefficient (Wildman–Crippen LogP) is 3.46. The zero-order chi connectivity index (χ0) is 17.5. The Morgan fingerprint density at radius 1 is 1.25 bits per heavy atom. The van der Waals surface area contributed by atoms with Gasteiger partial charge in [0, 0.05) is 6.20 Å². The molecule has 0 fully saturated rings. The van der Waals surface area contributed by atoms with Crippen molar-refractivity contribution < 1.29 is 9.47 Å². The first-order valence-corrected chi connectivity index (χ1v) is 8.17. The number of nitrogens with zero attached hydrogens (tertiary/aromatic N) is 1. The highest BCUT2D eigenvalue weighted by atomic mass is 32.1. The molecule has 24 heavy (non-hydrogen) atoms. The van der Waals surface area contributed by atoms with Crippen LogP contribution in [0.25, 0.3) is 0 Å². The van der Waals surface area contributed by atoms with Gasteiger partial charge in [-0.3, -0.25) is 0 Å². The summed E-state index contributed by atoms with van der Waals surface area (Å²) in [7, 11) is 1.60. The van der Waals surface area contributed by atoms with Crippen LogP contribution in [0.15, 0.2) is 36.5 Å². The van der Waals surface area contributed by atoms with Crippen molar-refractivity contribution in [1.82, 2.24) is 10.3 Å². The first kappa shape index (κ1) is 18.0. The Balaban J connectivity index is 1.84. The lowest BCUT2D eigenvalue weighted by molar-refractivity contribution is 0.286. The number of benzene rings is 1. The number of hydrogen-bond donors (Lipinski definition) is 2. The van der Waals surface area contributed by atoms with Crippen LogP contribution in [0.3, 0.4) is 0 Å². The van der Waals surface area contributed by atoms with E-state index in [2.05, 4.69) is 35.5 Å². The number of nitrogens with one attached hydrogen (secondary N) is 2. The third kappa shape index (κ3) is 5.09. The third-order valence-electron chi connectivity index (χ3n) is 3.58. The van der Waals surface area contributed by atoms with E-state index in [4.69, 9.17) is 21.7 Å². The van der Waals surface area contributed by atoms with Crippen LogP contribution in [0.4, 0.5) is 5.82 Å². The normalized spacial score (nSPS) is 11.5. The van der Waals surface area contributed by atoms with Crippen LogP contribution >= 0.6 is 12.2 Å². The van der Waals surface area contributed by atoms with Gasteiger partial charge in [0.15, 0.2) is 16.7 Å². The van der Waals surface area contributed by atoms with Crippen molar-refractivity contribution in [3.8, 4) is 11.5 Å². The molecule has 1 aromatic heterocycles. The van der Waals surface area contributed by atoms with Crippen molar-refractivity contribution in [2.24, 2.45) is 0 Å². The zero-order valence-electron chi connectivity index (χ0n) is 14.4. The lowest BCUT2D eigenvalue weighted by Crippen LogP contribution is -2.39. The number of aromatic nitrogens is 1. The number of rotatable bonds is 6. The number of hydrogen-bond acceptors (Lipinski definition) is 4. The Hall–Kier alpha value is -2.34. The number of aryl methyl sites for hydroxylation is 2. The molecular formula is C18H23N3O2S. The van der Waals surface area contributed by atoms with E-state index in [-0.39, 0.29) is 6.04 Å². The van der Waals surface area contributed by atoms with E-state index in [0.29, 0.717) is 23.3 Å². The van der Waals surface area contributed by atoms with E-state index in [1.54, 1.807) is 19.4 Å². The third-order valence-corrected chi connectivity index (χ3v) is 3.80. The predicted molar refractivity (Wildman–Crippen MR) is 101 cm³/mol. The van der Waals surface area contributed by atoms with Crippen LogP contribution < -0.4 is 20.1 Å². The monoisotopic (exact) mass is 345 g/mol. The molecular weight excluding hydrogens is 322 g/mol. The molecule has 6 heteroatoms. The Bertz CT molecular complexity index is 706. The molecule has 1 atom stereocenters. The standard InChI is InChI=1S/C18H23N3O2S/c1-12-7-8-15(10-13(12)2)23-11-14(3)20-18(24)21-17-16(22-4)6-5-9-19-17/h5-10,14H,11H2,1-4H3,(H2,19,20,21,24). The van der Waals surface area contributed by atoms with Crippen LogP contribution in [0.5, 0.6) is 11.5 Å². The molecule has 0 aliphatic rings. The van der Waals surface area contributed by atoms with E-state index in [9.17, 15) is 0 Å². The largest absolute Gasteiger partial charge is 0.493 e. The number of anilines is 1. The summed E-state index contributed by atoms with van der Waals surface area (Å²) in [6, 6.07) is 9.75. The minimum atomic E-state index is 0.0429. The Morgan fingerprint density at radius 2 is 2.04 bits per heavy atom. The van der Waals surface area contributed by atoms with Gasteiger partial charge in [-0.2, -0.15) is 0 Å². The molecule has 1 unspecified atom stereocenters. The molecule has 1 heterocycles. The molecule has 0 aliphatic carbocycles. The van der Waals surface area contributed by atoms with Crippen molar-refractivity contribution >= 4 is 23.1 Å². The van der Waals surface area contributed by atoms with Crippen molar-refractivity contribution in [2.45, 2.75) is 26.8 Å². The SMILES string of the molecule is COc1cccnc1NC(=S)NC(C)COc1ccc(C)c(C)c1. The second-order valence-corrected chi connectivity index (χ2v) is 6.02. The summed E-state index contributed by atoms with van der Waals surface area (Å²) in [5, 5.41) is 6.69. The van der Waals surface area contributed by atoms with E-state index < -0.39 is 0 Å². The summed E-state index contributed by atoms with van der Waals surface area (Å²) in [6.45, 7) is 6.66. The quantitative estimate of drug-likeness (QED) is 0.782. The highest BCUT2D eigenvalue weighted by Gasteiger charge is 2.09. The summed E-state index contributed by atoms with van der Waals surface area (Å²) in [6.07, 6.45) is 1.68. The number of ether oxygens (including phenoxy) is 2. The van der Waals surface area contributed by atoms with Gasteiger partial charge in [-0.1, -0.05) is 6.07 Å². The first-order chi connectivity index (χ1) is 11.5. The summed E-state index contributed by atoms with van der Waals surface area (Å²) in [5.41, 5.74) is 2.47. The topological polar surface area (TPSA) is 55.4 Å². The highest BCUT2D eigenvalue weighted by Crippen LogP contribution is 2.20. The molecule has 128 valence electrons. The van der Waals surface area contributed by atoms with Gasteiger partial charge < -0.3 is 20.1 Å². The lowest BCUT2D eigenvalue weighted by Gasteiger charge is -2.18. The fourth-order valence-electron chi connectivity index (χ4n) is 2.08. The molecule has 0 bridgehead atoms. The van der Waals surface area contributed by atoms with Gasteiger partial charge in [-0.25, -0.2) is 4.98 Å². The molecule has 0 saturated heterocycles. The smallest absolute Gasteiger partial charge is 0.174 e. The van der Waals surface area contributed by atoms with Crippen LogP contribution in [0.2, 0.25) is 0 Å². The van der Waals surface area contributed by atoms with Gasteiger partial charge in [-0.05, 0) is 68.4 Å². The molecule has 0 aliphatic heterocycles. The average Bonchev–Trinajstić information content (AvgIpc) is 2.56. The van der Waals surface area contributed by atoms with Crippen LogP contribution in [-0.4, -0.2) is 29.9 Å². The molecule has 0 saturated carbocycles. The van der Waals surface area contributed by atoms with E-state index in [1.165, 1.54) is 11.1 Å². The average molecular weight is 345 g/mol. The Morgan fingerprint density at radius 3 is 2.75 bits per heavy atom. The fourth-order valence-corrected chi connectivity index (χ4v) is 2.38. The second-order valence-electron chi connectivity index (χ2n) is 5.61. The molecule has 0 spiro atoms. The maximum absolute atomic E-state index is 5.81. The summed E-state index contributed by atoms with van der Waals surface area (Å²) in [4.78, 5) is 4.21. The van der Waals surface area contributed by atoms with Crippen molar-refractivity contribution in [3.63, 3.8) is 0 Å². The Labute approximate surface area is 148 Å². The lowest BCUT2D eigenvalue weighted by atomic mass is 10.1. The summed E-state index contributed by atoms with van der Waals surface area (Å²) >= 11 is 5.32. The molecule has 2 rings (SSSR count). The van der Waals surface area contributed by atoms with Gasteiger partial charge >= 0.3 is 0 Å². The first-order valence-electron chi connectivity index (χ1n) is 7.76. The number of pyridine rings is 1. The van der Waals surface area contributed by atoms with Crippen molar-refractivity contribution in [1.29, 1.82) is 0 Å². The maximum atomic E-state index is 5.81. The number of thiocarbonyl (C=S) groups is 1. The van der Waals surface area contributed by atoms with Gasteiger partial charge in [0.25, 0.3) is 0 Å². The molecule has 1 aromatic carbocycles. The van der Waals surface area contributed by atoms with Crippen molar-refractivity contribution in [2.75, 3.05) is 19.0 Å². The van der Waals surface area contributed by atoms with Gasteiger partial charge in [0.05, 0.1) is 13.2 Å². The van der Waals surface area contributed by atoms with Gasteiger partial charge in [0.2, 0.25) is 0 Å². The van der Waals surface area contributed by atoms with Crippen LogP contribution in [0.1, 0.15) is 18.1 Å². The highest BCUT2D eigenvalue weighted by molar-refractivity contribution is 7.80. The van der Waals surface area contributed by atoms with E-state index >= 15 is 0 Å². The van der Waals surface area contributed by atoms with Crippen LogP contribution in [0, 0.1) is 13.8 Å². The maximum Gasteiger partial charge on any atom is 0.174 e. The fraction of sp³-hybridized carbons (Fsp3) is 0.333. The number of methoxy groups -OCH3 is 1. The molecule has 2 aromatic rings. The van der Waals surface area contributed by atoms with Crippen LogP contribution in [-0.2, 0) is 0 Å². The molecule has 2 N–H and O–H groups in total. The van der Waals surface area contributed by atoms with E-state index in [1.807, 2.05) is 25.1 Å². The molecule has 0 radical (unpaired) electrons. The summed E-state index contributed by atoms with van der Waals surface area (Å²) in [5.74, 6) is 2.08. The Kier molecular flexibility index (Phi) is 6.37. The summed E-state index contributed by atoms with van der Waals surface area (Å²) < 4.78 is 11.0.